The predicted octanol–water partition coefficient (Wildman–Crippen LogP) is 5.95. The van der Waals surface area contributed by atoms with E-state index in [1.807, 2.05) is 41.8 Å². The first-order chi connectivity index (χ1) is 12.4. The lowest BCUT2D eigenvalue weighted by molar-refractivity contribution is 0.0952. The van der Waals surface area contributed by atoms with Crippen LogP contribution in [-0.2, 0) is 6.42 Å². The van der Waals surface area contributed by atoms with Gasteiger partial charge in [0.25, 0.3) is 0 Å². The third kappa shape index (κ3) is 3.01. The molecule has 1 aliphatic rings. The number of fused-ring (bicyclic) bond motifs is 1. The van der Waals surface area contributed by atoms with Crippen molar-refractivity contribution in [3.8, 4) is 16.9 Å². The third-order valence-electron chi connectivity index (χ3n) is 4.72. The molecule has 0 radical (unpaired) electrons. The molecule has 26 heavy (non-hydrogen) atoms. The van der Waals surface area contributed by atoms with Crippen LogP contribution in [0.4, 0.5) is 8.78 Å². The summed E-state index contributed by atoms with van der Waals surface area (Å²) >= 11 is 3.41. The van der Waals surface area contributed by atoms with Gasteiger partial charge in [-0.1, -0.05) is 35.0 Å². The molecule has 5 heteroatoms. The highest BCUT2D eigenvalue weighted by atomic mass is 79.9. The van der Waals surface area contributed by atoms with Crippen LogP contribution in [0.1, 0.15) is 29.4 Å². The van der Waals surface area contributed by atoms with E-state index in [1.165, 1.54) is 12.1 Å². The first kappa shape index (κ1) is 17.2. The fourth-order valence-electron chi connectivity index (χ4n) is 3.62. The van der Waals surface area contributed by atoms with Crippen molar-refractivity contribution in [2.75, 3.05) is 0 Å². The molecule has 0 amide bonds. The van der Waals surface area contributed by atoms with Gasteiger partial charge in [-0.2, -0.15) is 0 Å². The molecule has 0 bridgehead atoms. The molecule has 1 heterocycles. The van der Waals surface area contributed by atoms with E-state index < -0.39 is 11.6 Å². The standard InChI is InChI=1S/C21H16BrF2NO/c1-12-6-20-18(21(26)7-12)11-19(13-2-4-14(22)5-3-13)25(20)17-9-15(23)8-16(24)10-17/h2-5,8-12H,6-7H2,1H3. The van der Waals surface area contributed by atoms with E-state index in [9.17, 15) is 13.6 Å². The lowest BCUT2D eigenvalue weighted by Gasteiger charge is -2.21. The maximum Gasteiger partial charge on any atom is 0.164 e. The first-order valence-corrected chi connectivity index (χ1v) is 9.22. The average molecular weight is 416 g/mol. The highest BCUT2D eigenvalue weighted by Gasteiger charge is 2.29. The van der Waals surface area contributed by atoms with Crippen molar-refractivity contribution < 1.29 is 13.6 Å². The number of ketones is 1. The minimum absolute atomic E-state index is 0.0766. The van der Waals surface area contributed by atoms with E-state index in [1.54, 1.807) is 0 Å². The molecule has 0 fully saturated rings. The van der Waals surface area contributed by atoms with E-state index in [0.717, 1.165) is 27.5 Å². The summed E-state index contributed by atoms with van der Waals surface area (Å²) in [7, 11) is 0. The Hall–Kier alpha value is -2.27. The Balaban J connectivity index is 2.01. The molecule has 2 aromatic carbocycles. The number of hydrogen-bond acceptors (Lipinski definition) is 1. The Labute approximate surface area is 158 Å². The molecule has 0 N–H and O–H groups in total. The Morgan fingerprint density at radius 3 is 2.31 bits per heavy atom. The number of aromatic nitrogens is 1. The average Bonchev–Trinajstić information content (AvgIpc) is 2.94. The molecule has 0 aliphatic heterocycles. The summed E-state index contributed by atoms with van der Waals surface area (Å²) in [6, 6.07) is 13.0. The smallest absolute Gasteiger partial charge is 0.164 e. The molecule has 2 nitrogen and oxygen atoms in total. The maximum absolute atomic E-state index is 13.9. The van der Waals surface area contributed by atoms with E-state index in [-0.39, 0.29) is 11.7 Å². The number of carbonyl (C=O) groups is 1. The van der Waals surface area contributed by atoms with Crippen LogP contribution in [-0.4, -0.2) is 10.4 Å². The monoisotopic (exact) mass is 415 g/mol. The van der Waals surface area contributed by atoms with Gasteiger partial charge >= 0.3 is 0 Å². The molecular formula is C21H16BrF2NO. The minimum atomic E-state index is -0.639. The van der Waals surface area contributed by atoms with Gasteiger partial charge in [0.1, 0.15) is 11.6 Å². The molecule has 0 saturated carbocycles. The van der Waals surface area contributed by atoms with Gasteiger partial charge in [0, 0.05) is 28.2 Å². The summed E-state index contributed by atoms with van der Waals surface area (Å²) < 4.78 is 30.5. The summed E-state index contributed by atoms with van der Waals surface area (Å²) in [6.45, 7) is 2.02. The quantitative estimate of drug-likeness (QED) is 0.506. The van der Waals surface area contributed by atoms with Crippen LogP contribution in [0.25, 0.3) is 16.9 Å². The summed E-state index contributed by atoms with van der Waals surface area (Å²) in [5.41, 5.74) is 3.49. The molecule has 3 aromatic rings. The minimum Gasteiger partial charge on any atom is -0.313 e. The number of hydrogen-bond donors (Lipinski definition) is 0. The van der Waals surface area contributed by atoms with E-state index in [0.29, 0.717) is 24.1 Å². The fraction of sp³-hybridized carbons (Fsp3) is 0.190. The predicted molar refractivity (Wildman–Crippen MR) is 101 cm³/mol. The topological polar surface area (TPSA) is 22.0 Å². The van der Waals surface area contributed by atoms with Crippen molar-refractivity contribution in [1.82, 2.24) is 4.57 Å². The van der Waals surface area contributed by atoms with Crippen LogP contribution in [0.3, 0.4) is 0 Å². The van der Waals surface area contributed by atoms with Gasteiger partial charge in [-0.25, -0.2) is 8.78 Å². The maximum atomic E-state index is 13.9. The van der Waals surface area contributed by atoms with Crippen LogP contribution < -0.4 is 0 Å². The second kappa shape index (κ2) is 6.47. The molecule has 1 aromatic heterocycles. The van der Waals surface area contributed by atoms with Gasteiger partial charge in [0.2, 0.25) is 0 Å². The van der Waals surface area contributed by atoms with Gasteiger partial charge in [-0.05, 0) is 48.2 Å². The Morgan fingerprint density at radius 1 is 1.00 bits per heavy atom. The van der Waals surface area contributed by atoms with Crippen LogP contribution in [0.5, 0.6) is 0 Å². The van der Waals surface area contributed by atoms with E-state index in [2.05, 4.69) is 15.9 Å². The van der Waals surface area contributed by atoms with E-state index >= 15 is 0 Å². The number of benzene rings is 2. The number of Topliss-reactive ketones (excluding diaryl/α,β-unsaturated/α-hetero) is 1. The van der Waals surface area contributed by atoms with Crippen molar-refractivity contribution in [3.63, 3.8) is 0 Å². The molecular weight excluding hydrogens is 400 g/mol. The van der Waals surface area contributed by atoms with Crippen molar-refractivity contribution in [3.05, 3.63) is 75.9 Å². The van der Waals surface area contributed by atoms with Crippen LogP contribution in [0, 0.1) is 17.6 Å². The van der Waals surface area contributed by atoms with Gasteiger partial charge in [-0.3, -0.25) is 4.79 Å². The highest BCUT2D eigenvalue weighted by molar-refractivity contribution is 9.10. The zero-order chi connectivity index (χ0) is 18.4. The van der Waals surface area contributed by atoms with E-state index in [4.69, 9.17) is 0 Å². The molecule has 1 unspecified atom stereocenters. The van der Waals surface area contributed by atoms with Crippen LogP contribution >= 0.6 is 15.9 Å². The van der Waals surface area contributed by atoms with Gasteiger partial charge < -0.3 is 4.57 Å². The van der Waals surface area contributed by atoms with Gasteiger partial charge in [0.15, 0.2) is 5.78 Å². The van der Waals surface area contributed by atoms with Crippen molar-refractivity contribution >= 4 is 21.7 Å². The summed E-state index contributed by atoms with van der Waals surface area (Å²) in [5.74, 6) is -1.01. The zero-order valence-electron chi connectivity index (χ0n) is 14.1. The van der Waals surface area contributed by atoms with Crippen molar-refractivity contribution in [2.45, 2.75) is 19.8 Å². The number of carbonyl (C=O) groups excluding carboxylic acids is 1. The van der Waals surface area contributed by atoms with Crippen LogP contribution in [0.2, 0.25) is 0 Å². The van der Waals surface area contributed by atoms with Crippen molar-refractivity contribution in [2.24, 2.45) is 5.92 Å². The number of rotatable bonds is 2. The molecule has 132 valence electrons. The molecule has 1 aliphatic carbocycles. The van der Waals surface area contributed by atoms with Crippen LogP contribution in [0.15, 0.2) is 53.0 Å². The van der Waals surface area contributed by atoms with Gasteiger partial charge in [0.05, 0.1) is 11.4 Å². The zero-order valence-corrected chi connectivity index (χ0v) is 15.7. The normalized spacial score (nSPS) is 16.6. The summed E-state index contributed by atoms with van der Waals surface area (Å²) in [5, 5.41) is 0. The first-order valence-electron chi connectivity index (χ1n) is 8.42. The Kier molecular flexibility index (Phi) is 4.27. The molecule has 1 atom stereocenters. The lowest BCUT2D eigenvalue weighted by atomic mass is 9.88. The SMILES string of the molecule is CC1CC(=O)c2cc(-c3ccc(Br)cc3)n(-c3cc(F)cc(F)c3)c2C1. The van der Waals surface area contributed by atoms with Gasteiger partial charge in [-0.15, -0.1) is 0 Å². The van der Waals surface area contributed by atoms with Crippen molar-refractivity contribution in [1.29, 1.82) is 0 Å². The fourth-order valence-corrected chi connectivity index (χ4v) is 3.88. The second-order valence-electron chi connectivity index (χ2n) is 6.80. The Bertz CT molecular complexity index is 987. The lowest BCUT2D eigenvalue weighted by Crippen LogP contribution is -2.19. The highest BCUT2D eigenvalue weighted by Crippen LogP contribution is 2.36. The number of nitrogens with zero attached hydrogens (tertiary/aromatic N) is 1. The summed E-state index contributed by atoms with van der Waals surface area (Å²) in [4.78, 5) is 12.5. The molecule has 0 spiro atoms. The second-order valence-corrected chi connectivity index (χ2v) is 7.71. The third-order valence-corrected chi connectivity index (χ3v) is 5.25. The molecule has 0 saturated heterocycles. The largest absolute Gasteiger partial charge is 0.313 e. The molecule has 4 rings (SSSR count). The Morgan fingerprint density at radius 2 is 1.65 bits per heavy atom. The number of halogens is 3. The summed E-state index contributed by atoms with van der Waals surface area (Å²) in [6.07, 6.45) is 1.18.